The minimum absolute atomic E-state index is 0.226. The molecule has 3 fully saturated rings. The van der Waals surface area contributed by atoms with E-state index >= 15 is 0 Å². The number of nitrogens with zero attached hydrogens (tertiary/aromatic N) is 2. The van der Waals surface area contributed by atoms with E-state index in [1.54, 1.807) is 12.4 Å². The van der Waals surface area contributed by atoms with Crippen LogP contribution < -0.4 is 15.6 Å². The molecule has 2 N–H and O–H groups in total. The Morgan fingerprint density at radius 3 is 3.05 bits per heavy atom. The Hall–Kier alpha value is -1.66. The van der Waals surface area contributed by atoms with Gasteiger partial charge < -0.3 is 9.64 Å². The summed E-state index contributed by atoms with van der Waals surface area (Å²) in [6, 6.07) is 4.34. The van der Waals surface area contributed by atoms with Gasteiger partial charge in [-0.3, -0.25) is 20.6 Å². The van der Waals surface area contributed by atoms with E-state index in [-0.39, 0.29) is 6.04 Å². The first-order chi connectivity index (χ1) is 10.8. The predicted octanol–water partition coefficient (Wildman–Crippen LogP) is 0.564. The molecule has 1 aromatic rings. The Kier molecular flexibility index (Phi) is 3.72. The Bertz CT molecular complexity index is 534. The monoisotopic (exact) mass is 302 g/mol. The first-order valence-corrected chi connectivity index (χ1v) is 8.11. The first-order valence-electron chi connectivity index (χ1n) is 8.11. The van der Waals surface area contributed by atoms with Crippen LogP contribution in [0.3, 0.4) is 0 Å². The van der Waals surface area contributed by atoms with Crippen LogP contribution in [-0.2, 0) is 4.79 Å². The molecule has 0 bridgehead atoms. The molecule has 0 radical (unpaired) electrons. The van der Waals surface area contributed by atoms with Crippen molar-refractivity contribution in [3.8, 4) is 5.75 Å². The minimum atomic E-state index is 0.226. The van der Waals surface area contributed by atoms with Gasteiger partial charge in [0.2, 0.25) is 5.91 Å². The summed E-state index contributed by atoms with van der Waals surface area (Å²) in [7, 11) is 0. The Morgan fingerprint density at radius 2 is 2.27 bits per heavy atom. The van der Waals surface area contributed by atoms with Gasteiger partial charge in [0.25, 0.3) is 0 Å². The average molecular weight is 302 g/mol. The summed E-state index contributed by atoms with van der Waals surface area (Å²) in [5.74, 6) is 2.18. The summed E-state index contributed by atoms with van der Waals surface area (Å²) < 4.78 is 5.80. The number of likely N-dealkylation sites (tertiary alicyclic amines) is 1. The number of hydrazine groups is 1. The standard InChI is InChI=1S/C16H22N4O2/c21-16(6-11-3-4-11)20-8-13-14(9-20)18-19-15(13)10-22-12-2-1-5-17-7-12/h1-2,5,7,11,13-15,18-19H,3-4,6,8-10H2. The van der Waals surface area contributed by atoms with Crippen molar-refractivity contribution in [1.29, 1.82) is 0 Å². The number of hydrogen-bond acceptors (Lipinski definition) is 5. The number of carbonyl (C=O) groups excluding carboxylic acids is 1. The number of pyridine rings is 1. The molecule has 1 amide bonds. The predicted molar refractivity (Wildman–Crippen MR) is 81.0 cm³/mol. The number of carbonyl (C=O) groups is 1. The number of hydrogen-bond donors (Lipinski definition) is 2. The number of fused-ring (bicyclic) bond motifs is 1. The van der Waals surface area contributed by atoms with Crippen LogP contribution in [0.4, 0.5) is 0 Å². The molecule has 3 atom stereocenters. The topological polar surface area (TPSA) is 66.5 Å². The van der Waals surface area contributed by atoms with Gasteiger partial charge >= 0.3 is 0 Å². The Balaban J connectivity index is 1.31. The third-order valence-corrected chi connectivity index (χ3v) is 4.91. The maximum atomic E-state index is 12.3. The van der Waals surface area contributed by atoms with Crippen molar-refractivity contribution < 1.29 is 9.53 Å². The van der Waals surface area contributed by atoms with E-state index in [0.717, 1.165) is 25.3 Å². The summed E-state index contributed by atoms with van der Waals surface area (Å²) in [4.78, 5) is 18.3. The highest BCUT2D eigenvalue weighted by atomic mass is 16.5. The van der Waals surface area contributed by atoms with Crippen LogP contribution in [0, 0.1) is 11.8 Å². The lowest BCUT2D eigenvalue weighted by Gasteiger charge is -2.21. The van der Waals surface area contributed by atoms with Gasteiger partial charge in [0.15, 0.2) is 0 Å². The Morgan fingerprint density at radius 1 is 1.36 bits per heavy atom. The third-order valence-electron chi connectivity index (χ3n) is 4.91. The fraction of sp³-hybridized carbons (Fsp3) is 0.625. The summed E-state index contributed by atoms with van der Waals surface area (Å²) in [6.07, 6.45) is 6.66. The zero-order valence-corrected chi connectivity index (χ0v) is 12.6. The maximum Gasteiger partial charge on any atom is 0.222 e. The molecule has 1 aromatic heterocycles. The fourth-order valence-corrected chi connectivity index (χ4v) is 3.40. The molecule has 3 unspecified atom stereocenters. The molecule has 6 heteroatoms. The molecule has 0 aromatic carbocycles. The second-order valence-corrected chi connectivity index (χ2v) is 6.61. The number of amides is 1. The van der Waals surface area contributed by atoms with Crippen molar-refractivity contribution in [2.75, 3.05) is 19.7 Å². The second kappa shape index (κ2) is 5.85. The molecule has 1 saturated carbocycles. The zero-order chi connectivity index (χ0) is 14.9. The summed E-state index contributed by atoms with van der Waals surface area (Å²) >= 11 is 0. The van der Waals surface area contributed by atoms with E-state index < -0.39 is 0 Å². The van der Waals surface area contributed by atoms with Crippen molar-refractivity contribution in [2.24, 2.45) is 11.8 Å². The molecule has 0 spiro atoms. The molecule has 2 aliphatic heterocycles. The largest absolute Gasteiger partial charge is 0.490 e. The van der Waals surface area contributed by atoms with Crippen molar-refractivity contribution in [3.63, 3.8) is 0 Å². The molecular weight excluding hydrogens is 280 g/mol. The van der Waals surface area contributed by atoms with Crippen LogP contribution in [0.15, 0.2) is 24.5 Å². The highest BCUT2D eigenvalue weighted by molar-refractivity contribution is 5.77. The molecule has 118 valence electrons. The van der Waals surface area contributed by atoms with E-state index in [0.29, 0.717) is 30.4 Å². The second-order valence-electron chi connectivity index (χ2n) is 6.61. The highest BCUT2D eigenvalue weighted by Gasteiger charge is 2.44. The fourth-order valence-electron chi connectivity index (χ4n) is 3.40. The lowest BCUT2D eigenvalue weighted by molar-refractivity contribution is -0.130. The minimum Gasteiger partial charge on any atom is -0.490 e. The van der Waals surface area contributed by atoms with E-state index in [2.05, 4.69) is 15.8 Å². The number of rotatable bonds is 5. The highest BCUT2D eigenvalue weighted by Crippen LogP contribution is 2.34. The van der Waals surface area contributed by atoms with Gasteiger partial charge in [0, 0.05) is 37.7 Å². The molecule has 22 heavy (non-hydrogen) atoms. The molecular formula is C16H22N4O2. The van der Waals surface area contributed by atoms with Gasteiger partial charge in [-0.05, 0) is 30.9 Å². The quantitative estimate of drug-likeness (QED) is 0.832. The molecule has 3 aliphatic rings. The van der Waals surface area contributed by atoms with Crippen LogP contribution in [0.2, 0.25) is 0 Å². The summed E-state index contributed by atoms with van der Waals surface area (Å²) in [6.45, 7) is 2.23. The molecule has 4 rings (SSSR count). The Labute approximate surface area is 130 Å². The molecule has 2 saturated heterocycles. The lowest BCUT2D eigenvalue weighted by Crippen LogP contribution is -2.42. The zero-order valence-electron chi connectivity index (χ0n) is 12.6. The van der Waals surface area contributed by atoms with Gasteiger partial charge in [-0.2, -0.15) is 0 Å². The number of nitrogens with one attached hydrogen (secondary N) is 2. The number of ether oxygens (including phenoxy) is 1. The van der Waals surface area contributed by atoms with Crippen LogP contribution in [-0.4, -0.2) is 47.6 Å². The normalized spacial score (nSPS) is 30.4. The average Bonchev–Trinajstić information content (AvgIpc) is 3.11. The SMILES string of the molecule is O=C(CC1CC1)N1CC2NNC(COc3cccnc3)C2C1. The van der Waals surface area contributed by atoms with E-state index in [9.17, 15) is 4.79 Å². The van der Waals surface area contributed by atoms with Crippen LogP contribution in [0.1, 0.15) is 19.3 Å². The smallest absolute Gasteiger partial charge is 0.222 e. The van der Waals surface area contributed by atoms with E-state index in [4.69, 9.17) is 4.74 Å². The van der Waals surface area contributed by atoms with Crippen molar-refractivity contribution in [2.45, 2.75) is 31.3 Å². The number of aromatic nitrogens is 1. The summed E-state index contributed by atoms with van der Waals surface area (Å²) in [5.41, 5.74) is 6.63. The van der Waals surface area contributed by atoms with Gasteiger partial charge in [-0.15, -0.1) is 0 Å². The van der Waals surface area contributed by atoms with Crippen LogP contribution in [0.25, 0.3) is 0 Å². The van der Waals surface area contributed by atoms with Crippen molar-refractivity contribution in [3.05, 3.63) is 24.5 Å². The van der Waals surface area contributed by atoms with Gasteiger partial charge in [0.1, 0.15) is 12.4 Å². The third kappa shape index (κ3) is 2.94. The van der Waals surface area contributed by atoms with E-state index in [1.807, 2.05) is 17.0 Å². The van der Waals surface area contributed by atoms with Crippen LogP contribution in [0.5, 0.6) is 5.75 Å². The van der Waals surface area contributed by atoms with Crippen molar-refractivity contribution in [1.82, 2.24) is 20.7 Å². The van der Waals surface area contributed by atoms with Crippen LogP contribution >= 0.6 is 0 Å². The molecule has 6 nitrogen and oxygen atoms in total. The molecule has 1 aliphatic carbocycles. The van der Waals surface area contributed by atoms with Crippen molar-refractivity contribution >= 4 is 5.91 Å². The van der Waals surface area contributed by atoms with Gasteiger partial charge in [-0.1, -0.05) is 0 Å². The van der Waals surface area contributed by atoms with Gasteiger partial charge in [0.05, 0.1) is 12.2 Å². The maximum absolute atomic E-state index is 12.3. The lowest BCUT2D eigenvalue weighted by atomic mass is 9.98. The van der Waals surface area contributed by atoms with Gasteiger partial charge in [-0.25, -0.2) is 0 Å². The first kappa shape index (κ1) is 14.0. The summed E-state index contributed by atoms with van der Waals surface area (Å²) in [5, 5.41) is 0. The molecule has 3 heterocycles. The van der Waals surface area contributed by atoms with E-state index in [1.165, 1.54) is 12.8 Å².